The SMILES string of the molecule is Fc1ccc2c(Br)nc(Br)nc2c1. The van der Waals surface area contributed by atoms with Crippen molar-refractivity contribution in [3.05, 3.63) is 33.4 Å². The molecule has 5 heteroatoms. The van der Waals surface area contributed by atoms with Crippen LogP contribution in [-0.2, 0) is 0 Å². The first-order valence-electron chi connectivity index (χ1n) is 3.45. The summed E-state index contributed by atoms with van der Waals surface area (Å²) in [6, 6.07) is 4.39. The van der Waals surface area contributed by atoms with Crippen LogP contribution in [0.4, 0.5) is 4.39 Å². The van der Waals surface area contributed by atoms with Gasteiger partial charge in [0.2, 0.25) is 0 Å². The standard InChI is InChI=1S/C8H3Br2FN2/c9-7-5-2-1-4(11)3-6(5)12-8(10)13-7/h1-3H. The van der Waals surface area contributed by atoms with Crippen molar-refractivity contribution in [2.24, 2.45) is 0 Å². The topological polar surface area (TPSA) is 25.8 Å². The molecule has 1 aromatic carbocycles. The summed E-state index contributed by atoms with van der Waals surface area (Å²) in [7, 11) is 0. The highest BCUT2D eigenvalue weighted by Crippen LogP contribution is 2.22. The maximum atomic E-state index is 12.8. The van der Waals surface area contributed by atoms with E-state index in [1.807, 2.05) is 0 Å². The van der Waals surface area contributed by atoms with Crippen molar-refractivity contribution < 1.29 is 4.39 Å². The molecule has 0 N–H and O–H groups in total. The minimum absolute atomic E-state index is 0.301. The second-order valence-corrected chi connectivity index (χ2v) is 3.91. The van der Waals surface area contributed by atoms with Crippen LogP contribution in [0.1, 0.15) is 0 Å². The monoisotopic (exact) mass is 304 g/mol. The van der Waals surface area contributed by atoms with Gasteiger partial charge >= 0.3 is 0 Å². The van der Waals surface area contributed by atoms with E-state index in [1.165, 1.54) is 12.1 Å². The van der Waals surface area contributed by atoms with E-state index in [-0.39, 0.29) is 5.82 Å². The van der Waals surface area contributed by atoms with Crippen molar-refractivity contribution in [3.8, 4) is 0 Å². The fourth-order valence-electron chi connectivity index (χ4n) is 1.04. The maximum absolute atomic E-state index is 12.8. The Balaban J connectivity index is 2.86. The van der Waals surface area contributed by atoms with Gasteiger partial charge in [0.1, 0.15) is 10.4 Å². The highest BCUT2D eigenvalue weighted by Gasteiger charge is 2.04. The van der Waals surface area contributed by atoms with Gasteiger partial charge in [-0.15, -0.1) is 0 Å². The second kappa shape index (κ2) is 3.31. The van der Waals surface area contributed by atoms with Gasteiger partial charge < -0.3 is 0 Å². The van der Waals surface area contributed by atoms with E-state index in [9.17, 15) is 4.39 Å². The molecule has 0 radical (unpaired) electrons. The molecule has 0 aliphatic rings. The van der Waals surface area contributed by atoms with Crippen LogP contribution in [0.5, 0.6) is 0 Å². The molecule has 2 aromatic rings. The molecule has 0 unspecified atom stereocenters. The zero-order valence-electron chi connectivity index (χ0n) is 6.26. The van der Waals surface area contributed by atoms with E-state index in [1.54, 1.807) is 6.07 Å². The van der Waals surface area contributed by atoms with E-state index in [0.29, 0.717) is 14.9 Å². The van der Waals surface area contributed by atoms with Crippen LogP contribution in [-0.4, -0.2) is 9.97 Å². The average Bonchev–Trinajstić information content (AvgIpc) is 2.02. The molecule has 0 saturated heterocycles. The minimum Gasteiger partial charge on any atom is -0.222 e. The molecule has 0 aliphatic carbocycles. The third-order valence-corrected chi connectivity index (χ3v) is 2.54. The Morgan fingerprint density at radius 2 is 1.92 bits per heavy atom. The zero-order valence-corrected chi connectivity index (χ0v) is 9.43. The fraction of sp³-hybridized carbons (Fsp3) is 0. The Hall–Kier alpha value is -0.550. The molecule has 1 aromatic heterocycles. The number of rotatable bonds is 0. The molecule has 0 aliphatic heterocycles. The van der Waals surface area contributed by atoms with Crippen molar-refractivity contribution in [3.63, 3.8) is 0 Å². The summed E-state index contributed by atoms with van der Waals surface area (Å²) < 4.78 is 13.9. The molecule has 2 nitrogen and oxygen atoms in total. The van der Waals surface area contributed by atoms with Crippen LogP contribution in [0.15, 0.2) is 27.5 Å². The van der Waals surface area contributed by atoms with Crippen LogP contribution in [0.3, 0.4) is 0 Å². The first-order chi connectivity index (χ1) is 6.16. The molecule has 1 heterocycles. The summed E-state index contributed by atoms with van der Waals surface area (Å²) in [5, 5.41) is 0.796. The van der Waals surface area contributed by atoms with Gasteiger partial charge in [-0.1, -0.05) is 0 Å². The third-order valence-electron chi connectivity index (χ3n) is 1.59. The summed E-state index contributed by atoms with van der Waals surface area (Å²) in [4.78, 5) is 8.06. The quantitative estimate of drug-likeness (QED) is 0.551. The van der Waals surface area contributed by atoms with Gasteiger partial charge in [0, 0.05) is 11.5 Å². The number of fused-ring (bicyclic) bond motifs is 1. The van der Waals surface area contributed by atoms with E-state index >= 15 is 0 Å². The molecule has 2 rings (SSSR count). The van der Waals surface area contributed by atoms with Gasteiger partial charge in [-0.2, -0.15) is 0 Å². The first-order valence-corrected chi connectivity index (χ1v) is 5.04. The number of hydrogen-bond donors (Lipinski definition) is 0. The first kappa shape index (κ1) is 9.02. The van der Waals surface area contributed by atoms with E-state index < -0.39 is 0 Å². The van der Waals surface area contributed by atoms with E-state index in [4.69, 9.17) is 0 Å². The predicted molar refractivity (Wildman–Crippen MR) is 54.9 cm³/mol. The fourth-order valence-corrected chi connectivity index (χ4v) is 2.15. The molecule has 13 heavy (non-hydrogen) atoms. The summed E-state index contributed by atoms with van der Waals surface area (Å²) in [5.41, 5.74) is 0.578. The second-order valence-electron chi connectivity index (χ2n) is 2.44. The highest BCUT2D eigenvalue weighted by molar-refractivity contribution is 9.11. The van der Waals surface area contributed by atoms with Crippen molar-refractivity contribution in [1.82, 2.24) is 9.97 Å². The Morgan fingerprint density at radius 3 is 2.69 bits per heavy atom. The van der Waals surface area contributed by atoms with E-state index in [2.05, 4.69) is 41.8 Å². The number of aromatic nitrogens is 2. The Kier molecular flexibility index (Phi) is 2.29. The number of nitrogens with zero attached hydrogens (tertiary/aromatic N) is 2. The van der Waals surface area contributed by atoms with Gasteiger partial charge in [0.15, 0.2) is 4.73 Å². The smallest absolute Gasteiger partial charge is 0.198 e. The lowest BCUT2D eigenvalue weighted by atomic mass is 10.2. The maximum Gasteiger partial charge on any atom is 0.198 e. The minimum atomic E-state index is -0.301. The molecular weight excluding hydrogens is 303 g/mol. The molecule has 66 valence electrons. The van der Waals surface area contributed by atoms with Crippen molar-refractivity contribution in [2.45, 2.75) is 0 Å². The predicted octanol–water partition coefficient (Wildman–Crippen LogP) is 3.29. The Morgan fingerprint density at radius 1 is 1.15 bits per heavy atom. The summed E-state index contributed by atoms with van der Waals surface area (Å²) >= 11 is 6.40. The molecular formula is C8H3Br2FN2. The van der Waals surface area contributed by atoms with Crippen LogP contribution in [0, 0.1) is 5.82 Å². The van der Waals surface area contributed by atoms with Gasteiger partial charge in [-0.05, 0) is 44.0 Å². The molecule has 0 fully saturated rings. The highest BCUT2D eigenvalue weighted by atomic mass is 79.9. The summed E-state index contributed by atoms with van der Waals surface area (Å²) in [5.74, 6) is -0.301. The number of benzene rings is 1. The van der Waals surface area contributed by atoms with Gasteiger partial charge in [-0.3, -0.25) is 0 Å². The number of halogens is 3. The van der Waals surface area contributed by atoms with Crippen LogP contribution in [0.2, 0.25) is 0 Å². The molecule has 0 atom stereocenters. The van der Waals surface area contributed by atoms with Crippen LogP contribution < -0.4 is 0 Å². The summed E-state index contributed by atoms with van der Waals surface area (Å²) in [6.45, 7) is 0. The molecule has 0 spiro atoms. The number of hydrogen-bond acceptors (Lipinski definition) is 2. The zero-order chi connectivity index (χ0) is 9.42. The average molecular weight is 306 g/mol. The molecule has 0 bridgehead atoms. The van der Waals surface area contributed by atoms with E-state index in [0.717, 1.165) is 5.39 Å². The van der Waals surface area contributed by atoms with Crippen LogP contribution in [0.25, 0.3) is 10.9 Å². The normalized spacial score (nSPS) is 10.7. The van der Waals surface area contributed by atoms with Crippen molar-refractivity contribution >= 4 is 42.8 Å². The molecule has 0 amide bonds. The lowest BCUT2D eigenvalue weighted by molar-refractivity contribution is 0.629. The lowest BCUT2D eigenvalue weighted by Gasteiger charge is -1.99. The Bertz CT molecular complexity index is 468. The van der Waals surface area contributed by atoms with Crippen LogP contribution >= 0.6 is 31.9 Å². The molecule has 0 saturated carbocycles. The largest absolute Gasteiger partial charge is 0.222 e. The Labute approximate surface area is 90.5 Å². The van der Waals surface area contributed by atoms with Crippen molar-refractivity contribution in [1.29, 1.82) is 0 Å². The lowest BCUT2D eigenvalue weighted by Crippen LogP contribution is -1.87. The third kappa shape index (κ3) is 1.71. The summed E-state index contributed by atoms with van der Waals surface area (Å²) in [6.07, 6.45) is 0. The van der Waals surface area contributed by atoms with Gasteiger partial charge in [0.25, 0.3) is 0 Å². The van der Waals surface area contributed by atoms with Gasteiger partial charge in [-0.25, -0.2) is 14.4 Å². The van der Waals surface area contributed by atoms with Crippen molar-refractivity contribution in [2.75, 3.05) is 0 Å². The van der Waals surface area contributed by atoms with Gasteiger partial charge in [0.05, 0.1) is 5.52 Å².